The number of carbonyl (C=O) groups is 1. The number of hydrogen-bond donors (Lipinski definition) is 1. The number of rotatable bonds is 16. The van der Waals surface area contributed by atoms with Crippen molar-refractivity contribution in [2.75, 3.05) is 6.61 Å². The summed E-state index contributed by atoms with van der Waals surface area (Å²) in [6, 6.07) is 7.71. The van der Waals surface area contributed by atoms with Gasteiger partial charge >= 0.3 is 0 Å². The van der Waals surface area contributed by atoms with Crippen LogP contribution in [0.5, 0.6) is 0 Å². The molecule has 0 heterocycles. The molecule has 0 aromatic heterocycles. The number of ketones is 1. The zero-order valence-electron chi connectivity index (χ0n) is 16.3. The molecule has 0 fully saturated rings. The van der Waals surface area contributed by atoms with Crippen LogP contribution in [-0.2, 0) is 6.42 Å². The van der Waals surface area contributed by atoms with Gasteiger partial charge < -0.3 is 5.11 Å². The second-order valence-corrected chi connectivity index (χ2v) is 7.27. The number of aliphatic hydroxyl groups is 1. The van der Waals surface area contributed by atoms with Crippen LogP contribution in [0.3, 0.4) is 0 Å². The van der Waals surface area contributed by atoms with Gasteiger partial charge in [-0.3, -0.25) is 4.79 Å². The Labute approximate surface area is 155 Å². The molecule has 1 aromatic carbocycles. The minimum Gasteiger partial charge on any atom is -0.388 e. The van der Waals surface area contributed by atoms with E-state index in [0.717, 1.165) is 6.42 Å². The highest BCUT2D eigenvalue weighted by Gasteiger charge is 2.04. The van der Waals surface area contributed by atoms with Crippen molar-refractivity contribution in [1.82, 2.24) is 0 Å². The summed E-state index contributed by atoms with van der Waals surface area (Å²) in [5.41, 5.74) is 1.84. The smallest absolute Gasteiger partial charge is 0.188 e. The number of benzene rings is 1. The van der Waals surface area contributed by atoms with E-state index in [1.165, 1.54) is 89.0 Å². The molecular weight excluding hydrogens is 308 g/mol. The Kier molecular flexibility index (Phi) is 13.3. The van der Waals surface area contributed by atoms with Crippen molar-refractivity contribution >= 4 is 5.78 Å². The van der Waals surface area contributed by atoms with Gasteiger partial charge in [0.1, 0.15) is 6.61 Å². The molecule has 142 valence electrons. The highest BCUT2D eigenvalue weighted by Crippen LogP contribution is 2.14. The summed E-state index contributed by atoms with van der Waals surface area (Å²) in [5.74, 6) is -0.188. The van der Waals surface area contributed by atoms with Gasteiger partial charge in [-0.2, -0.15) is 0 Å². The molecule has 1 N–H and O–H groups in total. The first-order valence-electron chi connectivity index (χ1n) is 10.5. The molecule has 0 amide bonds. The quantitative estimate of drug-likeness (QED) is 0.274. The fourth-order valence-electron chi connectivity index (χ4n) is 3.34. The molecule has 0 atom stereocenters. The topological polar surface area (TPSA) is 37.3 Å². The Hall–Kier alpha value is -1.15. The molecule has 0 bridgehead atoms. The van der Waals surface area contributed by atoms with E-state index in [0.29, 0.717) is 5.56 Å². The monoisotopic (exact) mass is 346 g/mol. The number of aliphatic hydroxyl groups excluding tert-OH is 1. The van der Waals surface area contributed by atoms with Crippen LogP contribution in [0.25, 0.3) is 0 Å². The first kappa shape index (κ1) is 21.9. The molecule has 0 unspecified atom stereocenters. The van der Waals surface area contributed by atoms with Crippen molar-refractivity contribution in [3.63, 3.8) is 0 Å². The van der Waals surface area contributed by atoms with Crippen LogP contribution in [0.1, 0.15) is 106 Å². The van der Waals surface area contributed by atoms with Crippen LogP contribution >= 0.6 is 0 Å². The first-order valence-corrected chi connectivity index (χ1v) is 10.5. The Morgan fingerprint density at radius 2 is 1.32 bits per heavy atom. The third kappa shape index (κ3) is 11.1. The highest BCUT2D eigenvalue weighted by atomic mass is 16.3. The molecule has 0 saturated carbocycles. The molecule has 1 aromatic rings. The Bertz CT molecular complexity index is 453. The predicted octanol–water partition coefficient (Wildman–Crippen LogP) is 6.50. The van der Waals surface area contributed by atoms with Crippen molar-refractivity contribution in [3.8, 4) is 0 Å². The molecule has 0 aliphatic carbocycles. The van der Waals surface area contributed by atoms with Crippen LogP contribution in [-0.4, -0.2) is 17.5 Å². The molecule has 0 aliphatic rings. The van der Waals surface area contributed by atoms with Crippen molar-refractivity contribution in [1.29, 1.82) is 0 Å². The number of unbranched alkanes of at least 4 members (excludes halogenated alkanes) is 12. The van der Waals surface area contributed by atoms with Crippen LogP contribution < -0.4 is 0 Å². The van der Waals surface area contributed by atoms with Crippen molar-refractivity contribution in [3.05, 3.63) is 35.4 Å². The van der Waals surface area contributed by atoms with Crippen LogP contribution in [0, 0.1) is 0 Å². The van der Waals surface area contributed by atoms with E-state index in [9.17, 15) is 4.79 Å². The summed E-state index contributed by atoms with van der Waals surface area (Å²) in [5, 5.41) is 8.93. The van der Waals surface area contributed by atoms with Gasteiger partial charge in [0.25, 0.3) is 0 Å². The van der Waals surface area contributed by atoms with Gasteiger partial charge in [0.2, 0.25) is 0 Å². The van der Waals surface area contributed by atoms with E-state index in [1.807, 2.05) is 12.1 Å². The summed E-state index contributed by atoms with van der Waals surface area (Å²) in [4.78, 5) is 11.5. The van der Waals surface area contributed by atoms with Crippen molar-refractivity contribution in [2.45, 2.75) is 96.8 Å². The van der Waals surface area contributed by atoms with E-state index in [-0.39, 0.29) is 5.78 Å². The predicted molar refractivity (Wildman–Crippen MR) is 107 cm³/mol. The molecule has 2 heteroatoms. The SMILES string of the molecule is CCCCCCCCCCCCCCCc1cccc(C(=O)CO)c1. The Morgan fingerprint density at radius 3 is 1.84 bits per heavy atom. The first-order chi connectivity index (χ1) is 12.3. The van der Waals surface area contributed by atoms with Crippen LogP contribution in [0.2, 0.25) is 0 Å². The Balaban J connectivity index is 1.94. The Morgan fingerprint density at radius 1 is 0.800 bits per heavy atom. The molecule has 2 nitrogen and oxygen atoms in total. The maximum atomic E-state index is 11.5. The highest BCUT2D eigenvalue weighted by molar-refractivity contribution is 5.97. The van der Waals surface area contributed by atoms with Crippen LogP contribution in [0.4, 0.5) is 0 Å². The summed E-state index contributed by atoms with van der Waals surface area (Å²) in [6.07, 6.45) is 18.8. The second kappa shape index (κ2) is 15.1. The van der Waals surface area contributed by atoms with Gasteiger partial charge in [0, 0.05) is 5.56 Å². The van der Waals surface area contributed by atoms with Gasteiger partial charge in [0.05, 0.1) is 0 Å². The zero-order chi connectivity index (χ0) is 18.2. The van der Waals surface area contributed by atoms with Gasteiger partial charge in [-0.1, -0.05) is 102 Å². The molecule has 25 heavy (non-hydrogen) atoms. The molecule has 1 rings (SSSR count). The van der Waals surface area contributed by atoms with E-state index >= 15 is 0 Å². The number of aryl methyl sites for hydroxylation is 1. The normalized spacial score (nSPS) is 11.0. The lowest BCUT2D eigenvalue weighted by atomic mass is 10.0. The lowest BCUT2D eigenvalue weighted by molar-refractivity contribution is 0.0903. The summed E-state index contributed by atoms with van der Waals surface area (Å²) in [6.45, 7) is 1.87. The van der Waals surface area contributed by atoms with Gasteiger partial charge in [0.15, 0.2) is 5.78 Å². The second-order valence-electron chi connectivity index (χ2n) is 7.27. The average molecular weight is 347 g/mol. The van der Waals surface area contributed by atoms with E-state index in [2.05, 4.69) is 13.0 Å². The maximum absolute atomic E-state index is 11.5. The van der Waals surface area contributed by atoms with Crippen LogP contribution in [0.15, 0.2) is 24.3 Å². The molecule has 0 saturated heterocycles. The number of carbonyl (C=O) groups excluding carboxylic acids is 1. The summed E-state index contributed by atoms with van der Waals surface area (Å²) in [7, 11) is 0. The van der Waals surface area contributed by atoms with E-state index in [1.54, 1.807) is 6.07 Å². The molecule has 0 aliphatic heterocycles. The van der Waals surface area contributed by atoms with Gasteiger partial charge in [-0.25, -0.2) is 0 Å². The van der Waals surface area contributed by atoms with E-state index < -0.39 is 6.61 Å². The van der Waals surface area contributed by atoms with E-state index in [4.69, 9.17) is 5.11 Å². The molecule has 0 spiro atoms. The standard InChI is InChI=1S/C23H38O2/c1-2-3-4-5-6-7-8-9-10-11-12-13-14-16-21-17-15-18-22(19-21)23(25)20-24/h15,17-19,24H,2-14,16,20H2,1H3. The fraction of sp³-hybridized carbons (Fsp3) is 0.696. The minimum atomic E-state index is -0.401. The minimum absolute atomic E-state index is 0.188. The number of Topliss-reactive ketones (excluding diaryl/α,β-unsaturated/α-hetero) is 1. The molecule has 0 radical (unpaired) electrons. The van der Waals surface area contributed by atoms with Crippen molar-refractivity contribution < 1.29 is 9.90 Å². The lowest BCUT2D eigenvalue weighted by Crippen LogP contribution is -2.04. The van der Waals surface area contributed by atoms with Gasteiger partial charge in [-0.05, 0) is 24.5 Å². The molecular formula is C23H38O2. The third-order valence-corrected chi connectivity index (χ3v) is 4.96. The lowest BCUT2D eigenvalue weighted by Gasteiger charge is -2.05. The average Bonchev–Trinajstić information content (AvgIpc) is 2.65. The number of hydrogen-bond acceptors (Lipinski definition) is 2. The maximum Gasteiger partial charge on any atom is 0.188 e. The summed E-state index contributed by atoms with van der Waals surface area (Å²) < 4.78 is 0. The van der Waals surface area contributed by atoms with Crippen molar-refractivity contribution in [2.24, 2.45) is 0 Å². The fourth-order valence-corrected chi connectivity index (χ4v) is 3.34. The zero-order valence-corrected chi connectivity index (χ0v) is 16.3. The van der Waals surface area contributed by atoms with Gasteiger partial charge in [-0.15, -0.1) is 0 Å². The largest absolute Gasteiger partial charge is 0.388 e. The summed E-state index contributed by atoms with van der Waals surface area (Å²) >= 11 is 0. The third-order valence-electron chi connectivity index (χ3n) is 4.96.